The van der Waals surface area contributed by atoms with Crippen molar-refractivity contribution in [3.05, 3.63) is 29.3 Å². The zero-order chi connectivity index (χ0) is 17.7. The summed E-state index contributed by atoms with van der Waals surface area (Å²) in [6, 6.07) is 5.80. The van der Waals surface area contributed by atoms with Gasteiger partial charge in [0, 0.05) is 24.2 Å². The Labute approximate surface area is 143 Å². The van der Waals surface area contributed by atoms with Crippen LogP contribution in [0.4, 0.5) is 0 Å². The standard InChI is InChI=1S/C15H24ClN3O3S/c1-4-15(17,5-2)11-18-14(20)10-19(3)23(21,22)13-8-6-12(16)7-9-13/h6-9H,4-5,10-11,17H2,1-3H3,(H,18,20). The number of carbonyl (C=O) groups is 1. The lowest BCUT2D eigenvalue weighted by molar-refractivity contribution is -0.121. The lowest BCUT2D eigenvalue weighted by atomic mass is 9.94. The van der Waals surface area contributed by atoms with Crippen molar-refractivity contribution in [2.75, 3.05) is 20.1 Å². The van der Waals surface area contributed by atoms with Crippen molar-refractivity contribution in [3.8, 4) is 0 Å². The number of nitrogens with two attached hydrogens (primary N) is 1. The normalized spacial score (nSPS) is 12.4. The van der Waals surface area contributed by atoms with Gasteiger partial charge in [0.1, 0.15) is 0 Å². The van der Waals surface area contributed by atoms with Gasteiger partial charge in [0.2, 0.25) is 15.9 Å². The molecule has 0 aromatic heterocycles. The molecular weight excluding hydrogens is 338 g/mol. The first kappa shape index (κ1) is 19.9. The number of likely N-dealkylation sites (N-methyl/N-ethyl adjacent to an activating group) is 1. The smallest absolute Gasteiger partial charge is 0.243 e. The molecule has 3 N–H and O–H groups in total. The van der Waals surface area contributed by atoms with Crippen LogP contribution in [0.5, 0.6) is 0 Å². The van der Waals surface area contributed by atoms with Gasteiger partial charge in [0.25, 0.3) is 0 Å². The molecule has 1 aromatic rings. The molecule has 0 aliphatic rings. The summed E-state index contributed by atoms with van der Waals surface area (Å²) in [4.78, 5) is 12.1. The van der Waals surface area contributed by atoms with Gasteiger partial charge >= 0.3 is 0 Å². The Kier molecular flexibility index (Phi) is 7.01. The Morgan fingerprint density at radius 2 is 1.78 bits per heavy atom. The fourth-order valence-corrected chi connectivity index (χ4v) is 3.16. The van der Waals surface area contributed by atoms with Crippen LogP contribution in [0.3, 0.4) is 0 Å². The SMILES string of the molecule is CCC(N)(CC)CNC(=O)CN(C)S(=O)(=O)c1ccc(Cl)cc1. The summed E-state index contributed by atoms with van der Waals surface area (Å²) in [5.74, 6) is -0.387. The Balaban J connectivity index is 2.69. The van der Waals surface area contributed by atoms with Gasteiger partial charge in [0.05, 0.1) is 11.4 Å². The van der Waals surface area contributed by atoms with E-state index in [0.29, 0.717) is 11.6 Å². The van der Waals surface area contributed by atoms with Crippen LogP contribution in [-0.2, 0) is 14.8 Å². The van der Waals surface area contributed by atoms with Crippen LogP contribution >= 0.6 is 11.6 Å². The largest absolute Gasteiger partial charge is 0.353 e. The predicted octanol–water partition coefficient (Wildman–Crippen LogP) is 1.59. The summed E-state index contributed by atoms with van der Waals surface area (Å²) >= 11 is 5.75. The topological polar surface area (TPSA) is 92.5 Å². The molecule has 0 radical (unpaired) electrons. The summed E-state index contributed by atoms with van der Waals surface area (Å²) in [5, 5.41) is 3.14. The number of nitrogens with one attached hydrogen (secondary N) is 1. The lowest BCUT2D eigenvalue weighted by Gasteiger charge is -2.27. The van der Waals surface area contributed by atoms with Crippen molar-refractivity contribution in [1.82, 2.24) is 9.62 Å². The van der Waals surface area contributed by atoms with E-state index in [4.69, 9.17) is 17.3 Å². The Morgan fingerprint density at radius 1 is 1.26 bits per heavy atom. The zero-order valence-corrected chi connectivity index (χ0v) is 15.2. The maximum absolute atomic E-state index is 12.4. The zero-order valence-electron chi connectivity index (χ0n) is 13.7. The number of halogens is 1. The minimum Gasteiger partial charge on any atom is -0.353 e. The summed E-state index contributed by atoms with van der Waals surface area (Å²) in [6.45, 7) is 3.95. The van der Waals surface area contributed by atoms with Crippen LogP contribution in [0.2, 0.25) is 5.02 Å². The van der Waals surface area contributed by atoms with Crippen LogP contribution in [0.1, 0.15) is 26.7 Å². The second kappa shape index (κ2) is 8.10. The van der Waals surface area contributed by atoms with Gasteiger partial charge in [-0.2, -0.15) is 4.31 Å². The molecule has 0 saturated heterocycles. The van der Waals surface area contributed by atoms with E-state index in [1.807, 2.05) is 13.8 Å². The molecule has 0 atom stereocenters. The minimum absolute atomic E-state index is 0.0903. The Hall–Kier alpha value is -1.15. The molecular formula is C15H24ClN3O3S. The van der Waals surface area contributed by atoms with Gasteiger partial charge in [-0.25, -0.2) is 8.42 Å². The van der Waals surface area contributed by atoms with Crippen molar-refractivity contribution in [1.29, 1.82) is 0 Å². The van der Waals surface area contributed by atoms with Crippen LogP contribution in [-0.4, -0.2) is 44.3 Å². The van der Waals surface area contributed by atoms with E-state index in [-0.39, 0.29) is 17.3 Å². The molecule has 23 heavy (non-hydrogen) atoms. The lowest BCUT2D eigenvalue weighted by Crippen LogP contribution is -2.51. The highest BCUT2D eigenvalue weighted by atomic mass is 35.5. The van der Waals surface area contributed by atoms with Crippen molar-refractivity contribution < 1.29 is 13.2 Å². The van der Waals surface area contributed by atoms with Crippen LogP contribution in [0, 0.1) is 0 Å². The third kappa shape index (κ3) is 5.46. The van der Waals surface area contributed by atoms with Crippen LogP contribution in [0.25, 0.3) is 0 Å². The van der Waals surface area contributed by atoms with E-state index < -0.39 is 15.6 Å². The van der Waals surface area contributed by atoms with Gasteiger partial charge in [0.15, 0.2) is 0 Å². The van der Waals surface area contributed by atoms with Crippen molar-refractivity contribution in [2.45, 2.75) is 37.1 Å². The molecule has 1 rings (SSSR count). The van der Waals surface area contributed by atoms with Gasteiger partial charge in [-0.15, -0.1) is 0 Å². The predicted molar refractivity (Wildman–Crippen MR) is 91.8 cm³/mol. The number of hydrogen-bond donors (Lipinski definition) is 2. The highest BCUT2D eigenvalue weighted by molar-refractivity contribution is 7.89. The number of carbonyl (C=O) groups excluding carboxylic acids is 1. The first-order valence-corrected chi connectivity index (χ1v) is 9.24. The third-order valence-corrected chi connectivity index (χ3v) is 6.00. The summed E-state index contributed by atoms with van der Waals surface area (Å²) in [6.07, 6.45) is 1.45. The fraction of sp³-hybridized carbons (Fsp3) is 0.533. The molecule has 130 valence electrons. The molecule has 0 unspecified atom stereocenters. The molecule has 0 saturated carbocycles. The highest BCUT2D eigenvalue weighted by Gasteiger charge is 2.25. The second-order valence-corrected chi connectivity index (χ2v) is 8.04. The number of hydrogen-bond acceptors (Lipinski definition) is 4. The number of nitrogens with zero attached hydrogens (tertiary/aromatic N) is 1. The minimum atomic E-state index is -3.73. The monoisotopic (exact) mass is 361 g/mol. The molecule has 1 amide bonds. The molecule has 0 bridgehead atoms. The van der Waals surface area contributed by atoms with Crippen molar-refractivity contribution in [3.63, 3.8) is 0 Å². The van der Waals surface area contributed by atoms with Gasteiger partial charge in [-0.1, -0.05) is 25.4 Å². The number of amides is 1. The van der Waals surface area contributed by atoms with Crippen LogP contribution in [0.15, 0.2) is 29.2 Å². The molecule has 1 aromatic carbocycles. The average Bonchev–Trinajstić information content (AvgIpc) is 2.53. The van der Waals surface area contributed by atoms with Gasteiger partial charge in [-0.3, -0.25) is 4.79 Å². The maximum Gasteiger partial charge on any atom is 0.243 e. The Bertz CT molecular complexity index is 628. The summed E-state index contributed by atoms with van der Waals surface area (Å²) < 4.78 is 25.7. The third-order valence-electron chi connectivity index (χ3n) is 3.93. The first-order valence-electron chi connectivity index (χ1n) is 7.42. The molecule has 6 nitrogen and oxygen atoms in total. The quantitative estimate of drug-likeness (QED) is 0.735. The maximum atomic E-state index is 12.4. The van der Waals surface area contributed by atoms with E-state index in [9.17, 15) is 13.2 Å². The van der Waals surface area contributed by atoms with Gasteiger partial charge < -0.3 is 11.1 Å². The number of benzene rings is 1. The van der Waals surface area contributed by atoms with Crippen LogP contribution < -0.4 is 11.1 Å². The highest BCUT2D eigenvalue weighted by Crippen LogP contribution is 2.17. The molecule has 0 spiro atoms. The molecule has 0 aliphatic carbocycles. The molecule has 0 fully saturated rings. The van der Waals surface area contributed by atoms with E-state index in [1.54, 1.807) is 0 Å². The molecule has 0 heterocycles. The molecule has 0 aliphatic heterocycles. The fourth-order valence-electron chi connectivity index (χ4n) is 1.90. The van der Waals surface area contributed by atoms with E-state index in [1.165, 1.54) is 31.3 Å². The van der Waals surface area contributed by atoms with E-state index >= 15 is 0 Å². The van der Waals surface area contributed by atoms with E-state index in [0.717, 1.165) is 17.1 Å². The summed E-state index contributed by atoms with van der Waals surface area (Å²) in [5.41, 5.74) is 5.64. The molecule has 8 heteroatoms. The second-order valence-electron chi connectivity index (χ2n) is 5.56. The van der Waals surface area contributed by atoms with E-state index in [2.05, 4.69) is 5.32 Å². The summed E-state index contributed by atoms with van der Waals surface area (Å²) in [7, 11) is -2.37. The van der Waals surface area contributed by atoms with Crippen molar-refractivity contribution in [2.24, 2.45) is 5.73 Å². The first-order chi connectivity index (χ1) is 10.6. The number of sulfonamides is 1. The van der Waals surface area contributed by atoms with Gasteiger partial charge in [-0.05, 0) is 37.1 Å². The van der Waals surface area contributed by atoms with Crippen molar-refractivity contribution >= 4 is 27.5 Å². The Morgan fingerprint density at radius 3 is 2.26 bits per heavy atom. The average molecular weight is 362 g/mol. The number of rotatable bonds is 8.